The molecule has 0 saturated carbocycles. The first-order valence-electron chi connectivity index (χ1n) is 8.19. The molecule has 0 bridgehead atoms. The molecule has 3 heterocycles. The van der Waals surface area contributed by atoms with Crippen LogP contribution in [-0.4, -0.2) is 20.2 Å². The number of aromatic amines is 1. The SMILES string of the molecule is Clc1ccccc1-c1ccnc(NCc2cc(-c3ccncc3)[nH]n2)c1. The van der Waals surface area contributed by atoms with E-state index in [1.807, 2.05) is 54.6 Å². The Balaban J connectivity index is 1.48. The van der Waals surface area contributed by atoms with Crippen molar-refractivity contribution in [2.45, 2.75) is 6.54 Å². The highest BCUT2D eigenvalue weighted by molar-refractivity contribution is 6.33. The predicted octanol–water partition coefficient (Wildman–Crippen LogP) is 4.80. The third-order valence-electron chi connectivity index (χ3n) is 4.02. The molecule has 0 aliphatic rings. The van der Waals surface area contributed by atoms with Crippen LogP contribution in [0.4, 0.5) is 5.82 Å². The van der Waals surface area contributed by atoms with Crippen LogP contribution < -0.4 is 5.32 Å². The fourth-order valence-corrected chi connectivity index (χ4v) is 2.95. The number of halogens is 1. The summed E-state index contributed by atoms with van der Waals surface area (Å²) >= 11 is 6.29. The van der Waals surface area contributed by atoms with Gasteiger partial charge < -0.3 is 5.32 Å². The number of aromatic nitrogens is 4. The topological polar surface area (TPSA) is 66.5 Å². The lowest BCUT2D eigenvalue weighted by Crippen LogP contribution is -2.01. The summed E-state index contributed by atoms with van der Waals surface area (Å²) in [5.74, 6) is 0.774. The van der Waals surface area contributed by atoms with Crippen molar-refractivity contribution in [1.29, 1.82) is 0 Å². The Morgan fingerprint density at radius 1 is 0.923 bits per heavy atom. The first-order valence-corrected chi connectivity index (χ1v) is 8.57. The molecule has 0 radical (unpaired) electrons. The maximum Gasteiger partial charge on any atom is 0.126 e. The summed E-state index contributed by atoms with van der Waals surface area (Å²) in [5.41, 5.74) is 4.92. The maximum atomic E-state index is 6.29. The number of H-pyrrole nitrogens is 1. The van der Waals surface area contributed by atoms with Gasteiger partial charge in [0.05, 0.1) is 17.9 Å². The van der Waals surface area contributed by atoms with E-state index in [2.05, 4.69) is 25.5 Å². The molecule has 6 heteroatoms. The minimum atomic E-state index is 0.570. The van der Waals surface area contributed by atoms with Crippen LogP contribution in [0.5, 0.6) is 0 Å². The Morgan fingerprint density at radius 3 is 2.58 bits per heavy atom. The zero-order chi connectivity index (χ0) is 17.8. The van der Waals surface area contributed by atoms with Gasteiger partial charge >= 0.3 is 0 Å². The zero-order valence-electron chi connectivity index (χ0n) is 13.9. The molecule has 2 N–H and O–H groups in total. The molecular formula is C20H16ClN5. The fourth-order valence-electron chi connectivity index (χ4n) is 2.70. The first-order chi connectivity index (χ1) is 12.8. The van der Waals surface area contributed by atoms with Crippen LogP contribution in [0, 0.1) is 0 Å². The van der Waals surface area contributed by atoms with Crippen molar-refractivity contribution in [3.05, 3.63) is 83.9 Å². The Hall–Kier alpha value is -3.18. The summed E-state index contributed by atoms with van der Waals surface area (Å²) in [6, 6.07) is 17.6. The molecule has 4 rings (SSSR count). The van der Waals surface area contributed by atoms with E-state index in [4.69, 9.17) is 11.6 Å². The van der Waals surface area contributed by atoms with Crippen LogP contribution in [-0.2, 0) is 6.54 Å². The average molecular weight is 362 g/mol. The van der Waals surface area contributed by atoms with E-state index in [-0.39, 0.29) is 0 Å². The van der Waals surface area contributed by atoms with Crippen molar-refractivity contribution in [2.24, 2.45) is 0 Å². The quantitative estimate of drug-likeness (QED) is 0.536. The van der Waals surface area contributed by atoms with Gasteiger partial charge in [0, 0.05) is 34.7 Å². The van der Waals surface area contributed by atoms with E-state index in [0.717, 1.165) is 38.9 Å². The number of benzene rings is 1. The number of hydrogen-bond donors (Lipinski definition) is 2. The number of nitrogens with one attached hydrogen (secondary N) is 2. The normalized spacial score (nSPS) is 10.7. The first kappa shape index (κ1) is 16.3. The summed E-state index contributed by atoms with van der Waals surface area (Å²) < 4.78 is 0. The van der Waals surface area contributed by atoms with E-state index in [1.165, 1.54) is 0 Å². The molecule has 5 nitrogen and oxygen atoms in total. The van der Waals surface area contributed by atoms with Gasteiger partial charge in [0.2, 0.25) is 0 Å². The van der Waals surface area contributed by atoms with E-state index >= 15 is 0 Å². The van der Waals surface area contributed by atoms with Gasteiger partial charge in [0.1, 0.15) is 5.82 Å². The van der Waals surface area contributed by atoms with Crippen LogP contribution in [0.1, 0.15) is 5.69 Å². The van der Waals surface area contributed by atoms with E-state index < -0.39 is 0 Å². The lowest BCUT2D eigenvalue weighted by atomic mass is 10.1. The second kappa shape index (κ2) is 7.37. The lowest BCUT2D eigenvalue weighted by Gasteiger charge is -2.07. The van der Waals surface area contributed by atoms with Crippen molar-refractivity contribution in [3.63, 3.8) is 0 Å². The van der Waals surface area contributed by atoms with E-state index in [0.29, 0.717) is 6.54 Å². The molecule has 0 spiro atoms. The third kappa shape index (κ3) is 3.58. The second-order valence-corrected chi connectivity index (χ2v) is 6.18. The average Bonchev–Trinajstić information content (AvgIpc) is 3.17. The molecule has 0 saturated heterocycles. The monoisotopic (exact) mass is 361 g/mol. The minimum absolute atomic E-state index is 0.570. The highest BCUT2D eigenvalue weighted by Gasteiger charge is 2.06. The van der Waals surface area contributed by atoms with Crippen LogP contribution in [0.15, 0.2) is 73.2 Å². The fraction of sp³-hybridized carbons (Fsp3) is 0.0500. The largest absolute Gasteiger partial charge is 0.364 e. The molecule has 0 unspecified atom stereocenters. The predicted molar refractivity (Wildman–Crippen MR) is 104 cm³/mol. The van der Waals surface area contributed by atoms with Gasteiger partial charge in [-0.25, -0.2) is 4.98 Å². The number of pyridine rings is 2. The molecule has 0 amide bonds. The van der Waals surface area contributed by atoms with Crippen molar-refractivity contribution < 1.29 is 0 Å². The Bertz CT molecular complexity index is 1010. The molecule has 0 atom stereocenters. The molecule has 0 fully saturated rings. The molecule has 26 heavy (non-hydrogen) atoms. The van der Waals surface area contributed by atoms with Gasteiger partial charge in [-0.1, -0.05) is 29.8 Å². The maximum absolute atomic E-state index is 6.29. The zero-order valence-corrected chi connectivity index (χ0v) is 14.6. The second-order valence-electron chi connectivity index (χ2n) is 5.77. The van der Waals surface area contributed by atoms with Crippen molar-refractivity contribution in [1.82, 2.24) is 20.2 Å². The number of nitrogens with zero attached hydrogens (tertiary/aromatic N) is 3. The van der Waals surface area contributed by atoms with Crippen LogP contribution in [0.2, 0.25) is 5.02 Å². The summed E-state index contributed by atoms with van der Waals surface area (Å²) in [6.07, 6.45) is 5.30. The molecule has 1 aromatic carbocycles. The van der Waals surface area contributed by atoms with Gasteiger partial charge in [-0.2, -0.15) is 5.10 Å². The summed E-state index contributed by atoms with van der Waals surface area (Å²) in [4.78, 5) is 8.40. The van der Waals surface area contributed by atoms with E-state index in [9.17, 15) is 0 Å². The van der Waals surface area contributed by atoms with Gasteiger partial charge in [-0.15, -0.1) is 0 Å². The molecule has 3 aromatic heterocycles. The number of hydrogen-bond acceptors (Lipinski definition) is 4. The van der Waals surface area contributed by atoms with Crippen molar-refractivity contribution in [3.8, 4) is 22.4 Å². The van der Waals surface area contributed by atoms with Crippen molar-refractivity contribution in [2.75, 3.05) is 5.32 Å². The van der Waals surface area contributed by atoms with Gasteiger partial charge in [0.15, 0.2) is 0 Å². The highest BCUT2D eigenvalue weighted by atomic mass is 35.5. The van der Waals surface area contributed by atoms with Crippen LogP contribution in [0.3, 0.4) is 0 Å². The number of rotatable bonds is 5. The molecule has 0 aliphatic heterocycles. The highest BCUT2D eigenvalue weighted by Crippen LogP contribution is 2.28. The Morgan fingerprint density at radius 2 is 1.73 bits per heavy atom. The summed E-state index contributed by atoms with van der Waals surface area (Å²) in [7, 11) is 0. The summed E-state index contributed by atoms with van der Waals surface area (Å²) in [6.45, 7) is 0.570. The van der Waals surface area contributed by atoms with Crippen LogP contribution >= 0.6 is 11.6 Å². The smallest absolute Gasteiger partial charge is 0.126 e. The van der Waals surface area contributed by atoms with Gasteiger partial charge in [-0.3, -0.25) is 10.1 Å². The lowest BCUT2D eigenvalue weighted by molar-refractivity contribution is 0.976. The van der Waals surface area contributed by atoms with Gasteiger partial charge in [0.25, 0.3) is 0 Å². The summed E-state index contributed by atoms with van der Waals surface area (Å²) in [5, 5.41) is 11.4. The third-order valence-corrected chi connectivity index (χ3v) is 4.35. The standard InChI is InChI=1S/C20H16ClN5/c21-18-4-2-1-3-17(18)15-7-10-23-20(11-15)24-13-16-12-19(26-25-16)14-5-8-22-9-6-14/h1-12H,13H2,(H,23,24)(H,25,26). The molecule has 0 aliphatic carbocycles. The van der Waals surface area contributed by atoms with E-state index in [1.54, 1.807) is 18.6 Å². The number of anilines is 1. The Labute approximate surface area is 156 Å². The molecular weight excluding hydrogens is 346 g/mol. The Kier molecular flexibility index (Phi) is 4.62. The molecule has 128 valence electrons. The van der Waals surface area contributed by atoms with Gasteiger partial charge in [-0.05, 0) is 42.0 Å². The minimum Gasteiger partial charge on any atom is -0.364 e. The van der Waals surface area contributed by atoms with Crippen LogP contribution in [0.25, 0.3) is 22.4 Å². The molecule has 4 aromatic rings. The van der Waals surface area contributed by atoms with Crippen molar-refractivity contribution >= 4 is 17.4 Å².